The smallest absolute Gasteiger partial charge is 0.195 e. The van der Waals surface area contributed by atoms with Crippen LogP contribution in [0.15, 0.2) is 59.8 Å². The maximum Gasteiger partial charge on any atom is 0.195 e. The summed E-state index contributed by atoms with van der Waals surface area (Å²) in [5.41, 5.74) is 9.12. The monoisotopic (exact) mass is 316 g/mol. The lowest BCUT2D eigenvalue weighted by Crippen LogP contribution is -2.02. The minimum atomic E-state index is -0.0291. The van der Waals surface area contributed by atoms with Crippen LogP contribution in [0.5, 0.6) is 0 Å². The van der Waals surface area contributed by atoms with Crippen molar-refractivity contribution in [2.75, 3.05) is 0 Å². The van der Waals surface area contributed by atoms with Crippen molar-refractivity contribution in [3.63, 3.8) is 0 Å². The maximum absolute atomic E-state index is 13.0. The molecule has 0 unspecified atom stereocenters. The van der Waals surface area contributed by atoms with E-state index >= 15 is 0 Å². The Balaban J connectivity index is 2.06. The van der Waals surface area contributed by atoms with Crippen LogP contribution in [-0.2, 0) is 13.6 Å². The topological polar surface area (TPSA) is 73.8 Å². The van der Waals surface area contributed by atoms with Crippen molar-refractivity contribution in [2.45, 2.75) is 6.54 Å². The van der Waals surface area contributed by atoms with Gasteiger partial charge in [0.2, 0.25) is 0 Å². The van der Waals surface area contributed by atoms with Gasteiger partial charge in [-0.25, -0.2) is 0 Å². The predicted octanol–water partition coefficient (Wildman–Crippen LogP) is 2.61. The summed E-state index contributed by atoms with van der Waals surface area (Å²) in [6.07, 6.45) is 5.44. The number of benzene rings is 1. The molecular formula is C19H16N4O. The van der Waals surface area contributed by atoms with E-state index in [0.717, 1.165) is 22.1 Å². The highest BCUT2D eigenvalue weighted by Gasteiger charge is 2.07. The lowest BCUT2D eigenvalue weighted by atomic mass is 10.1. The Hall–Kier alpha value is -3.05. The molecule has 0 atom stereocenters. The third kappa shape index (κ3) is 2.35. The molecule has 2 aromatic heterocycles. The van der Waals surface area contributed by atoms with Crippen LogP contribution >= 0.6 is 0 Å². The average molecular weight is 316 g/mol. The van der Waals surface area contributed by atoms with Crippen molar-refractivity contribution < 1.29 is 0 Å². The van der Waals surface area contributed by atoms with Crippen molar-refractivity contribution in [1.82, 2.24) is 14.8 Å². The molecule has 0 fully saturated rings. The number of rotatable bonds is 2. The van der Waals surface area contributed by atoms with E-state index in [0.29, 0.717) is 22.8 Å². The van der Waals surface area contributed by atoms with Crippen molar-refractivity contribution in [2.24, 2.45) is 12.8 Å². The molecule has 5 nitrogen and oxygen atoms in total. The molecule has 4 rings (SSSR count). The summed E-state index contributed by atoms with van der Waals surface area (Å²) in [6.45, 7) is 0.408. The Morgan fingerprint density at radius 2 is 1.88 bits per heavy atom. The summed E-state index contributed by atoms with van der Waals surface area (Å²) in [7, 11) is 1.86. The molecule has 0 aliphatic carbocycles. The minimum Gasteiger partial charge on any atom is -0.326 e. The maximum atomic E-state index is 13.0. The standard InChI is InChI=1S/C19H16N4O/c1-23-11-15(10-22-23)14-7-17-18(21-9-14)5-4-13-3-2-12(8-20)6-16(13)19(17)24/h2-7,9-11H,8,20H2,1H3. The van der Waals surface area contributed by atoms with Crippen molar-refractivity contribution in [3.8, 4) is 11.1 Å². The van der Waals surface area contributed by atoms with Gasteiger partial charge >= 0.3 is 0 Å². The van der Waals surface area contributed by atoms with Crippen LogP contribution in [0.3, 0.4) is 0 Å². The summed E-state index contributed by atoms with van der Waals surface area (Å²) in [6, 6.07) is 11.4. The molecule has 0 radical (unpaired) electrons. The van der Waals surface area contributed by atoms with E-state index in [1.807, 2.05) is 49.6 Å². The summed E-state index contributed by atoms with van der Waals surface area (Å²) >= 11 is 0. The van der Waals surface area contributed by atoms with Crippen LogP contribution in [0, 0.1) is 0 Å². The number of aryl methyl sites for hydroxylation is 1. The predicted molar refractivity (Wildman–Crippen MR) is 95.6 cm³/mol. The molecule has 2 aromatic carbocycles. The van der Waals surface area contributed by atoms with Crippen LogP contribution in [0.2, 0.25) is 0 Å². The highest BCUT2D eigenvalue weighted by molar-refractivity contribution is 5.93. The SMILES string of the molecule is Cn1cc(-c2cnc3ccc4ccc(CN)cc4c(=O)c3c2)cn1. The van der Waals surface area contributed by atoms with Gasteiger partial charge in [0.15, 0.2) is 5.43 Å². The molecule has 0 spiro atoms. The Labute approximate surface area is 138 Å². The Morgan fingerprint density at radius 3 is 2.62 bits per heavy atom. The summed E-state index contributed by atoms with van der Waals surface area (Å²) in [4.78, 5) is 17.5. The fraction of sp³-hybridized carbons (Fsp3) is 0.105. The van der Waals surface area contributed by atoms with E-state index < -0.39 is 0 Å². The highest BCUT2D eigenvalue weighted by atomic mass is 16.1. The van der Waals surface area contributed by atoms with Gasteiger partial charge in [0, 0.05) is 47.9 Å². The van der Waals surface area contributed by atoms with E-state index in [4.69, 9.17) is 5.73 Å². The molecule has 0 saturated carbocycles. The third-order valence-electron chi connectivity index (χ3n) is 4.22. The van der Waals surface area contributed by atoms with E-state index in [1.54, 1.807) is 17.1 Å². The third-order valence-corrected chi connectivity index (χ3v) is 4.22. The second-order valence-corrected chi connectivity index (χ2v) is 5.85. The molecule has 24 heavy (non-hydrogen) atoms. The molecular weight excluding hydrogens is 300 g/mol. The van der Waals surface area contributed by atoms with Crippen LogP contribution in [-0.4, -0.2) is 14.8 Å². The van der Waals surface area contributed by atoms with E-state index in [-0.39, 0.29) is 5.43 Å². The lowest BCUT2D eigenvalue weighted by Gasteiger charge is -1.99. The zero-order valence-electron chi connectivity index (χ0n) is 13.2. The first-order chi connectivity index (χ1) is 11.7. The van der Waals surface area contributed by atoms with Gasteiger partial charge in [-0.05, 0) is 29.1 Å². The Kier molecular flexibility index (Phi) is 3.36. The molecule has 0 amide bonds. The molecule has 0 aliphatic heterocycles. The summed E-state index contributed by atoms with van der Waals surface area (Å²) in [5.74, 6) is 0. The van der Waals surface area contributed by atoms with Crippen LogP contribution in [0.25, 0.3) is 32.8 Å². The molecule has 0 saturated heterocycles. The van der Waals surface area contributed by atoms with Crippen molar-refractivity contribution in [1.29, 1.82) is 0 Å². The number of hydrogen-bond acceptors (Lipinski definition) is 4. The Bertz CT molecular complexity index is 1130. The van der Waals surface area contributed by atoms with Crippen molar-refractivity contribution >= 4 is 21.7 Å². The van der Waals surface area contributed by atoms with Crippen LogP contribution < -0.4 is 11.2 Å². The van der Waals surface area contributed by atoms with Gasteiger partial charge in [0.1, 0.15) is 0 Å². The van der Waals surface area contributed by atoms with Crippen molar-refractivity contribution in [3.05, 3.63) is 70.8 Å². The molecule has 0 aliphatic rings. The van der Waals surface area contributed by atoms with Gasteiger partial charge in [-0.1, -0.05) is 18.2 Å². The quantitative estimate of drug-likeness (QED) is 0.617. The van der Waals surface area contributed by atoms with Gasteiger partial charge < -0.3 is 5.73 Å². The molecule has 0 bridgehead atoms. The number of nitrogens with zero attached hydrogens (tertiary/aromatic N) is 3. The normalized spacial score (nSPS) is 11.2. The first kappa shape index (κ1) is 14.5. The van der Waals surface area contributed by atoms with E-state index in [2.05, 4.69) is 10.1 Å². The number of aromatic nitrogens is 3. The lowest BCUT2D eigenvalue weighted by molar-refractivity contribution is 0.768. The highest BCUT2D eigenvalue weighted by Crippen LogP contribution is 2.22. The van der Waals surface area contributed by atoms with Crippen LogP contribution in [0.4, 0.5) is 0 Å². The molecule has 2 heterocycles. The molecule has 118 valence electrons. The molecule has 5 heteroatoms. The van der Waals surface area contributed by atoms with E-state index in [1.165, 1.54) is 0 Å². The average Bonchev–Trinajstić information content (AvgIpc) is 2.99. The number of nitrogens with two attached hydrogens (primary N) is 1. The number of pyridine rings is 1. The number of hydrogen-bond donors (Lipinski definition) is 1. The second kappa shape index (κ2) is 5.54. The summed E-state index contributed by atoms with van der Waals surface area (Å²) in [5, 5.41) is 6.33. The Morgan fingerprint density at radius 1 is 1.04 bits per heavy atom. The summed E-state index contributed by atoms with van der Waals surface area (Å²) < 4.78 is 1.73. The van der Waals surface area contributed by atoms with Gasteiger partial charge in [0.25, 0.3) is 0 Å². The van der Waals surface area contributed by atoms with Gasteiger partial charge in [0.05, 0.1) is 11.7 Å². The first-order valence-corrected chi connectivity index (χ1v) is 7.70. The van der Waals surface area contributed by atoms with Gasteiger partial charge in [-0.3, -0.25) is 14.5 Å². The first-order valence-electron chi connectivity index (χ1n) is 7.70. The number of fused-ring (bicyclic) bond motifs is 2. The zero-order valence-corrected chi connectivity index (χ0v) is 13.2. The minimum absolute atomic E-state index is 0.0291. The molecule has 2 N–H and O–H groups in total. The fourth-order valence-electron chi connectivity index (χ4n) is 2.90. The largest absolute Gasteiger partial charge is 0.326 e. The van der Waals surface area contributed by atoms with Crippen LogP contribution in [0.1, 0.15) is 5.56 Å². The van der Waals surface area contributed by atoms with Gasteiger partial charge in [-0.15, -0.1) is 0 Å². The second-order valence-electron chi connectivity index (χ2n) is 5.85. The fourth-order valence-corrected chi connectivity index (χ4v) is 2.90. The zero-order chi connectivity index (χ0) is 16.7. The molecule has 4 aromatic rings. The van der Waals surface area contributed by atoms with Gasteiger partial charge in [-0.2, -0.15) is 5.10 Å². The van der Waals surface area contributed by atoms with E-state index in [9.17, 15) is 4.79 Å².